The largest absolute Gasteiger partial charge is 0.462 e. The van der Waals surface area contributed by atoms with Crippen LogP contribution in [0.2, 0.25) is 18.1 Å². The third-order valence-corrected chi connectivity index (χ3v) is 7.92. The Balaban J connectivity index is 4.05. The summed E-state index contributed by atoms with van der Waals surface area (Å²) in [6, 6.07) is 0. The minimum Gasteiger partial charge on any atom is -0.462 e. The van der Waals surface area contributed by atoms with E-state index in [-0.39, 0.29) is 17.1 Å². The molecular formula is C14H28O3Si. The lowest BCUT2D eigenvalue weighted by atomic mass is 10.2. The minimum atomic E-state index is -1.67. The lowest BCUT2D eigenvalue weighted by molar-refractivity contribution is -0.139. The summed E-state index contributed by atoms with van der Waals surface area (Å²) in [6.45, 7) is 15.1. The zero-order valence-corrected chi connectivity index (χ0v) is 13.9. The molecule has 0 aromatic heterocycles. The second kappa shape index (κ2) is 7.09. The molecule has 106 valence electrons. The Morgan fingerprint density at radius 3 is 2.28 bits per heavy atom. The smallest absolute Gasteiger partial charge is 0.302 e. The molecule has 0 aliphatic rings. The van der Waals surface area contributed by atoms with E-state index in [4.69, 9.17) is 9.16 Å². The van der Waals surface area contributed by atoms with Crippen LogP contribution in [0.15, 0.2) is 12.2 Å². The molecule has 0 aromatic carbocycles. The molecule has 0 spiro atoms. The van der Waals surface area contributed by atoms with Crippen LogP contribution in [0.5, 0.6) is 0 Å². The number of carbonyl (C=O) groups is 1. The van der Waals surface area contributed by atoms with E-state index < -0.39 is 8.32 Å². The molecule has 0 radical (unpaired) electrons. The van der Waals surface area contributed by atoms with Gasteiger partial charge in [-0.05, 0) is 31.5 Å². The molecule has 3 nitrogen and oxygen atoms in total. The summed E-state index contributed by atoms with van der Waals surface area (Å²) in [5.74, 6) is -0.245. The molecule has 0 amide bonds. The fourth-order valence-electron chi connectivity index (χ4n) is 1.25. The van der Waals surface area contributed by atoms with E-state index in [0.717, 1.165) is 6.42 Å². The number of carbonyl (C=O) groups excluding carboxylic acids is 1. The fourth-order valence-corrected chi connectivity index (χ4v) is 2.70. The van der Waals surface area contributed by atoms with E-state index in [1.54, 1.807) is 0 Å². The van der Waals surface area contributed by atoms with Crippen LogP contribution >= 0.6 is 0 Å². The third-order valence-electron chi connectivity index (χ3n) is 3.32. The second-order valence-corrected chi connectivity index (χ2v) is 11.0. The lowest BCUT2D eigenvalue weighted by Crippen LogP contribution is -2.43. The number of hydrogen-bond donors (Lipinski definition) is 0. The van der Waals surface area contributed by atoms with Gasteiger partial charge in [0.2, 0.25) is 0 Å². The van der Waals surface area contributed by atoms with Gasteiger partial charge in [-0.1, -0.05) is 32.9 Å². The predicted molar refractivity (Wildman–Crippen MR) is 78.1 cm³/mol. The Morgan fingerprint density at radius 1 is 1.28 bits per heavy atom. The molecule has 0 saturated heterocycles. The van der Waals surface area contributed by atoms with Crippen LogP contribution in [0.4, 0.5) is 0 Å². The fraction of sp³-hybridized carbons (Fsp3) is 0.786. The van der Waals surface area contributed by atoms with Crippen molar-refractivity contribution in [2.45, 2.75) is 65.3 Å². The average molecular weight is 272 g/mol. The quantitative estimate of drug-likeness (QED) is 0.418. The molecule has 0 unspecified atom stereocenters. The number of ether oxygens (including phenoxy) is 1. The molecular weight excluding hydrogens is 244 g/mol. The van der Waals surface area contributed by atoms with Crippen LogP contribution in [0.25, 0.3) is 0 Å². The zero-order chi connectivity index (χ0) is 14.4. The first kappa shape index (κ1) is 17.4. The first-order valence-corrected chi connectivity index (χ1v) is 9.43. The van der Waals surface area contributed by atoms with E-state index in [1.165, 1.54) is 6.92 Å². The Hall–Kier alpha value is -0.613. The maximum Gasteiger partial charge on any atom is 0.302 e. The van der Waals surface area contributed by atoms with Gasteiger partial charge < -0.3 is 9.16 Å². The van der Waals surface area contributed by atoms with Gasteiger partial charge in [0.25, 0.3) is 0 Å². The molecule has 0 fully saturated rings. The molecule has 4 heteroatoms. The van der Waals surface area contributed by atoms with Gasteiger partial charge in [0.15, 0.2) is 8.32 Å². The summed E-state index contributed by atoms with van der Waals surface area (Å²) in [7, 11) is -1.67. The van der Waals surface area contributed by atoms with Gasteiger partial charge >= 0.3 is 5.97 Å². The molecule has 0 saturated carbocycles. The van der Waals surface area contributed by atoms with Crippen molar-refractivity contribution in [3.8, 4) is 0 Å². The molecule has 0 bridgehead atoms. The summed E-state index contributed by atoms with van der Waals surface area (Å²) in [5, 5.41) is 0.239. The van der Waals surface area contributed by atoms with Gasteiger partial charge in [0.1, 0.15) is 6.61 Å². The summed E-state index contributed by atoms with van der Waals surface area (Å²) in [6.07, 6.45) is 4.95. The molecule has 18 heavy (non-hydrogen) atoms. The first-order chi connectivity index (χ1) is 8.06. The van der Waals surface area contributed by atoms with Crippen molar-refractivity contribution in [3.63, 3.8) is 0 Å². The highest BCUT2D eigenvalue weighted by molar-refractivity contribution is 6.74. The van der Waals surface area contributed by atoms with Gasteiger partial charge in [-0.2, -0.15) is 0 Å². The second-order valence-electron chi connectivity index (χ2n) is 6.20. The normalized spacial score (nSPS) is 14.8. The number of rotatable bonds is 6. The number of hydrogen-bond acceptors (Lipinski definition) is 3. The van der Waals surface area contributed by atoms with Gasteiger partial charge in [-0.3, -0.25) is 4.79 Å². The molecule has 0 aromatic rings. The van der Waals surface area contributed by atoms with E-state index in [2.05, 4.69) is 40.8 Å². The monoisotopic (exact) mass is 272 g/mol. The standard InChI is InChI=1S/C14H28O3Si/c1-12(10-8-9-11-16-13(2)15)17-18(6,7)14(3,4)5/h8-9,12H,10-11H2,1-7H3/b9-8-/t12-/m1/s1. The first-order valence-electron chi connectivity index (χ1n) is 6.52. The average Bonchev–Trinajstić information content (AvgIpc) is 2.13. The third kappa shape index (κ3) is 6.96. The van der Waals surface area contributed by atoms with Crippen LogP contribution < -0.4 is 0 Å². The summed E-state index contributed by atoms with van der Waals surface area (Å²) in [5.41, 5.74) is 0. The van der Waals surface area contributed by atoms with E-state index in [1.807, 2.05) is 12.2 Å². The predicted octanol–water partition coefficient (Wildman–Crippen LogP) is 3.91. The minimum absolute atomic E-state index is 0.208. The number of esters is 1. The van der Waals surface area contributed by atoms with Crippen molar-refractivity contribution in [3.05, 3.63) is 12.2 Å². The zero-order valence-electron chi connectivity index (χ0n) is 12.9. The van der Waals surface area contributed by atoms with Gasteiger partial charge in [0.05, 0.1) is 0 Å². The van der Waals surface area contributed by atoms with E-state index >= 15 is 0 Å². The Labute approximate surface area is 113 Å². The van der Waals surface area contributed by atoms with Crippen LogP contribution in [0, 0.1) is 0 Å². The summed E-state index contributed by atoms with van der Waals surface area (Å²) in [4.78, 5) is 10.6. The van der Waals surface area contributed by atoms with Crippen molar-refractivity contribution in [1.82, 2.24) is 0 Å². The van der Waals surface area contributed by atoms with Crippen LogP contribution in [-0.2, 0) is 14.0 Å². The maximum absolute atomic E-state index is 10.6. The summed E-state index contributed by atoms with van der Waals surface area (Å²) < 4.78 is 11.0. The van der Waals surface area contributed by atoms with Crippen molar-refractivity contribution in [2.24, 2.45) is 0 Å². The van der Waals surface area contributed by atoms with Gasteiger partial charge in [0, 0.05) is 13.0 Å². The highest BCUT2D eigenvalue weighted by atomic mass is 28.4. The topological polar surface area (TPSA) is 35.5 Å². The molecule has 0 N–H and O–H groups in total. The van der Waals surface area contributed by atoms with Gasteiger partial charge in [-0.25, -0.2) is 0 Å². The highest BCUT2D eigenvalue weighted by Gasteiger charge is 2.38. The highest BCUT2D eigenvalue weighted by Crippen LogP contribution is 2.37. The van der Waals surface area contributed by atoms with Crippen molar-refractivity contribution < 1.29 is 14.0 Å². The van der Waals surface area contributed by atoms with Crippen molar-refractivity contribution in [1.29, 1.82) is 0 Å². The Bertz CT molecular complexity index is 290. The van der Waals surface area contributed by atoms with E-state index in [9.17, 15) is 4.79 Å². The Morgan fingerprint density at radius 2 is 1.83 bits per heavy atom. The Kier molecular flexibility index (Phi) is 6.85. The van der Waals surface area contributed by atoms with Crippen molar-refractivity contribution >= 4 is 14.3 Å². The molecule has 1 atom stereocenters. The lowest BCUT2D eigenvalue weighted by Gasteiger charge is -2.38. The van der Waals surface area contributed by atoms with Gasteiger partial charge in [-0.15, -0.1) is 0 Å². The summed E-state index contributed by atoms with van der Waals surface area (Å²) >= 11 is 0. The molecule has 0 heterocycles. The van der Waals surface area contributed by atoms with Crippen LogP contribution in [0.3, 0.4) is 0 Å². The van der Waals surface area contributed by atoms with Crippen LogP contribution in [0.1, 0.15) is 41.0 Å². The SMILES string of the molecule is CC(=O)OC/C=C\C[C@@H](C)O[Si](C)(C)C(C)(C)C. The molecule has 0 rings (SSSR count). The van der Waals surface area contributed by atoms with E-state index in [0.29, 0.717) is 6.61 Å². The molecule has 0 aliphatic carbocycles. The molecule has 0 aliphatic heterocycles. The van der Waals surface area contributed by atoms with Crippen LogP contribution in [-0.4, -0.2) is 27.0 Å². The maximum atomic E-state index is 10.6. The van der Waals surface area contributed by atoms with Crippen molar-refractivity contribution in [2.75, 3.05) is 6.61 Å².